The zero-order valence-corrected chi connectivity index (χ0v) is 14.0. The molecule has 0 spiro atoms. The third kappa shape index (κ3) is 1.85. The third-order valence-corrected chi connectivity index (χ3v) is 5.15. The monoisotopic (exact) mass is 333 g/mol. The summed E-state index contributed by atoms with van der Waals surface area (Å²) in [4.78, 5) is 11.9. The van der Waals surface area contributed by atoms with Crippen LogP contribution in [0.2, 0.25) is 0 Å². The average Bonchev–Trinajstić information content (AvgIpc) is 3.25. The zero-order chi connectivity index (χ0) is 17.1. The summed E-state index contributed by atoms with van der Waals surface area (Å²) in [5, 5.41) is 3.65. The second-order valence-electron chi connectivity index (χ2n) is 6.69. The minimum absolute atomic E-state index is 0.995. The SMILES string of the molecule is c1ccc2c(c1)[nH]c1ccc(-c3ccc4[nH]c5ccccc5c4n3)cc12. The first-order valence-corrected chi connectivity index (χ1v) is 8.75. The molecule has 0 fully saturated rings. The molecule has 2 N–H and O–H groups in total. The summed E-state index contributed by atoms with van der Waals surface area (Å²) in [6.07, 6.45) is 0. The molecule has 0 aliphatic rings. The summed E-state index contributed by atoms with van der Waals surface area (Å²) in [6, 6.07) is 27.5. The molecule has 0 saturated heterocycles. The quantitative estimate of drug-likeness (QED) is 0.380. The molecule has 3 heteroatoms. The Morgan fingerprint density at radius 1 is 0.538 bits per heavy atom. The zero-order valence-electron chi connectivity index (χ0n) is 14.0. The number of H-pyrrole nitrogens is 2. The molecule has 122 valence electrons. The Morgan fingerprint density at radius 2 is 1.19 bits per heavy atom. The van der Waals surface area contributed by atoms with E-state index >= 15 is 0 Å². The molecule has 0 aliphatic heterocycles. The normalized spacial score (nSPS) is 11.8. The van der Waals surface area contributed by atoms with E-state index in [-0.39, 0.29) is 0 Å². The lowest BCUT2D eigenvalue weighted by Crippen LogP contribution is -1.84. The van der Waals surface area contributed by atoms with E-state index in [0.29, 0.717) is 0 Å². The van der Waals surface area contributed by atoms with Gasteiger partial charge in [-0.1, -0.05) is 42.5 Å². The number of para-hydroxylation sites is 2. The van der Waals surface area contributed by atoms with Crippen LogP contribution in [0.25, 0.3) is 55.0 Å². The van der Waals surface area contributed by atoms with Gasteiger partial charge in [0.15, 0.2) is 0 Å². The fraction of sp³-hybridized carbons (Fsp3) is 0. The minimum atomic E-state index is 0.995. The second-order valence-corrected chi connectivity index (χ2v) is 6.69. The van der Waals surface area contributed by atoms with Gasteiger partial charge in [0, 0.05) is 38.3 Å². The third-order valence-electron chi connectivity index (χ3n) is 5.15. The van der Waals surface area contributed by atoms with Gasteiger partial charge in [0.1, 0.15) is 0 Å². The van der Waals surface area contributed by atoms with Gasteiger partial charge in [-0.25, -0.2) is 4.98 Å². The number of pyridine rings is 1. The maximum absolute atomic E-state index is 4.96. The van der Waals surface area contributed by atoms with Crippen molar-refractivity contribution in [3.63, 3.8) is 0 Å². The Morgan fingerprint density at radius 3 is 2.08 bits per heavy atom. The number of aromatic nitrogens is 3. The molecular weight excluding hydrogens is 318 g/mol. The van der Waals surface area contributed by atoms with E-state index in [4.69, 9.17) is 4.98 Å². The molecule has 0 bridgehead atoms. The lowest BCUT2D eigenvalue weighted by atomic mass is 10.1. The van der Waals surface area contributed by atoms with E-state index in [9.17, 15) is 0 Å². The Labute approximate surface area is 149 Å². The molecule has 0 aliphatic carbocycles. The first-order valence-electron chi connectivity index (χ1n) is 8.75. The Hall–Kier alpha value is -3.59. The highest BCUT2D eigenvalue weighted by molar-refractivity contribution is 6.09. The molecule has 0 atom stereocenters. The summed E-state index contributed by atoms with van der Waals surface area (Å²) in [6.45, 7) is 0. The molecule has 3 heterocycles. The van der Waals surface area contributed by atoms with Gasteiger partial charge >= 0.3 is 0 Å². The van der Waals surface area contributed by atoms with E-state index < -0.39 is 0 Å². The Balaban J connectivity index is 1.61. The van der Waals surface area contributed by atoms with Crippen LogP contribution in [0, 0.1) is 0 Å². The molecule has 3 nitrogen and oxygen atoms in total. The van der Waals surface area contributed by atoms with Crippen molar-refractivity contribution in [3.8, 4) is 11.3 Å². The fourth-order valence-electron chi connectivity index (χ4n) is 3.88. The van der Waals surface area contributed by atoms with Crippen LogP contribution in [0.4, 0.5) is 0 Å². The van der Waals surface area contributed by atoms with Crippen LogP contribution >= 0.6 is 0 Å². The van der Waals surface area contributed by atoms with Crippen LogP contribution < -0.4 is 0 Å². The number of nitrogens with zero attached hydrogens (tertiary/aromatic N) is 1. The molecule has 6 aromatic rings. The highest BCUT2D eigenvalue weighted by atomic mass is 14.8. The molecule has 0 saturated carbocycles. The lowest BCUT2D eigenvalue weighted by molar-refractivity contribution is 1.40. The van der Waals surface area contributed by atoms with Gasteiger partial charge in [-0.2, -0.15) is 0 Å². The summed E-state index contributed by atoms with van der Waals surface area (Å²) < 4.78 is 0. The molecule has 3 aromatic carbocycles. The summed E-state index contributed by atoms with van der Waals surface area (Å²) >= 11 is 0. The van der Waals surface area contributed by atoms with Crippen LogP contribution in [0.15, 0.2) is 78.9 Å². The Kier molecular flexibility index (Phi) is 2.61. The molecular formula is C23H15N3. The Bertz CT molecular complexity index is 1320. The number of fused-ring (bicyclic) bond motifs is 6. The number of aromatic amines is 2. The maximum atomic E-state index is 4.96. The number of nitrogens with one attached hydrogen (secondary N) is 2. The number of benzene rings is 3. The van der Waals surface area contributed by atoms with E-state index in [1.165, 1.54) is 16.3 Å². The topological polar surface area (TPSA) is 44.5 Å². The van der Waals surface area contributed by atoms with Gasteiger partial charge in [0.25, 0.3) is 0 Å². The van der Waals surface area contributed by atoms with E-state index in [1.807, 2.05) is 6.07 Å². The van der Waals surface area contributed by atoms with Crippen molar-refractivity contribution in [2.75, 3.05) is 0 Å². The first-order chi connectivity index (χ1) is 12.9. The number of hydrogen-bond acceptors (Lipinski definition) is 1. The minimum Gasteiger partial charge on any atom is -0.355 e. The summed E-state index contributed by atoms with van der Waals surface area (Å²) in [7, 11) is 0. The molecule has 0 radical (unpaired) electrons. The number of hydrogen-bond donors (Lipinski definition) is 2. The molecule has 6 rings (SSSR count). The van der Waals surface area contributed by atoms with Crippen LogP contribution in [-0.2, 0) is 0 Å². The van der Waals surface area contributed by atoms with Crippen molar-refractivity contribution in [1.29, 1.82) is 0 Å². The summed E-state index contributed by atoms with van der Waals surface area (Å²) in [5.74, 6) is 0. The molecule has 0 amide bonds. The second kappa shape index (κ2) is 4.96. The smallest absolute Gasteiger partial charge is 0.0965 e. The van der Waals surface area contributed by atoms with E-state index in [0.717, 1.165) is 38.7 Å². The molecule has 26 heavy (non-hydrogen) atoms. The van der Waals surface area contributed by atoms with Gasteiger partial charge in [0.2, 0.25) is 0 Å². The standard InChI is InChI=1S/C23H15N3/c1-3-7-19-15(5-1)17-13-14(9-10-21(17)24-19)18-11-12-22-23(26-18)16-6-2-4-8-20(16)25-22/h1-13,24-25H. The van der Waals surface area contributed by atoms with Crippen molar-refractivity contribution in [1.82, 2.24) is 15.0 Å². The van der Waals surface area contributed by atoms with Gasteiger partial charge in [-0.3, -0.25) is 0 Å². The van der Waals surface area contributed by atoms with Crippen molar-refractivity contribution in [2.24, 2.45) is 0 Å². The van der Waals surface area contributed by atoms with Crippen molar-refractivity contribution < 1.29 is 0 Å². The maximum Gasteiger partial charge on any atom is 0.0965 e. The van der Waals surface area contributed by atoms with Crippen molar-refractivity contribution in [3.05, 3.63) is 78.9 Å². The lowest BCUT2D eigenvalue weighted by Gasteiger charge is -2.02. The highest BCUT2D eigenvalue weighted by Gasteiger charge is 2.09. The average molecular weight is 333 g/mol. The predicted octanol–water partition coefficient (Wildman–Crippen LogP) is 6.02. The van der Waals surface area contributed by atoms with Crippen LogP contribution in [0.5, 0.6) is 0 Å². The highest BCUT2D eigenvalue weighted by Crippen LogP contribution is 2.31. The van der Waals surface area contributed by atoms with E-state index in [1.54, 1.807) is 0 Å². The summed E-state index contributed by atoms with van der Waals surface area (Å²) in [5.41, 5.74) is 7.67. The van der Waals surface area contributed by atoms with Gasteiger partial charge in [-0.05, 0) is 36.4 Å². The van der Waals surface area contributed by atoms with Gasteiger partial charge in [0.05, 0.1) is 16.7 Å². The predicted molar refractivity (Wildman–Crippen MR) is 108 cm³/mol. The van der Waals surface area contributed by atoms with Crippen LogP contribution in [0.1, 0.15) is 0 Å². The largest absolute Gasteiger partial charge is 0.355 e. The number of rotatable bonds is 1. The van der Waals surface area contributed by atoms with Crippen molar-refractivity contribution >= 4 is 43.7 Å². The van der Waals surface area contributed by atoms with Crippen LogP contribution in [-0.4, -0.2) is 15.0 Å². The first kappa shape index (κ1) is 13.7. The van der Waals surface area contributed by atoms with E-state index in [2.05, 4.69) is 82.8 Å². The molecule has 3 aromatic heterocycles. The van der Waals surface area contributed by atoms with Gasteiger partial charge < -0.3 is 9.97 Å². The van der Waals surface area contributed by atoms with Crippen molar-refractivity contribution in [2.45, 2.75) is 0 Å². The fourth-order valence-corrected chi connectivity index (χ4v) is 3.88. The van der Waals surface area contributed by atoms with Crippen LogP contribution in [0.3, 0.4) is 0 Å². The van der Waals surface area contributed by atoms with Gasteiger partial charge in [-0.15, -0.1) is 0 Å². The molecule has 0 unspecified atom stereocenters.